The highest BCUT2D eigenvalue weighted by Crippen LogP contribution is 2.27. The van der Waals surface area contributed by atoms with Crippen LogP contribution in [0.25, 0.3) is 0 Å². The van der Waals surface area contributed by atoms with Crippen LogP contribution in [-0.4, -0.2) is 34.5 Å². The zero-order valence-corrected chi connectivity index (χ0v) is 20.4. The molecule has 1 N–H and O–H groups in total. The van der Waals surface area contributed by atoms with E-state index in [9.17, 15) is 13.2 Å². The maximum Gasteiger partial charge on any atom is 0.264 e. The monoisotopic (exact) mass is 486 g/mol. The normalized spacial score (nSPS) is 12.1. The molecule has 0 aliphatic heterocycles. The zero-order valence-electron chi connectivity index (χ0n) is 18.8. The van der Waals surface area contributed by atoms with E-state index in [1.54, 1.807) is 24.3 Å². The van der Waals surface area contributed by atoms with E-state index in [1.807, 2.05) is 37.3 Å². The Balaban J connectivity index is 1.75. The van der Waals surface area contributed by atoms with Crippen molar-refractivity contribution in [1.82, 2.24) is 5.32 Å². The van der Waals surface area contributed by atoms with E-state index in [0.717, 1.165) is 17.1 Å². The number of ether oxygens (including phenoxy) is 1. The van der Waals surface area contributed by atoms with Crippen LogP contribution in [0.3, 0.4) is 0 Å². The first-order chi connectivity index (χ1) is 15.7. The number of methoxy groups -OCH3 is 1. The van der Waals surface area contributed by atoms with Crippen molar-refractivity contribution in [2.24, 2.45) is 0 Å². The van der Waals surface area contributed by atoms with E-state index in [0.29, 0.717) is 11.4 Å². The fourth-order valence-electron chi connectivity index (χ4n) is 3.33. The van der Waals surface area contributed by atoms with Crippen molar-refractivity contribution in [2.75, 3.05) is 18.5 Å². The highest BCUT2D eigenvalue weighted by Gasteiger charge is 2.24. The lowest BCUT2D eigenvalue weighted by Gasteiger charge is -2.20. The van der Waals surface area contributed by atoms with Crippen molar-refractivity contribution in [3.05, 3.63) is 88.9 Å². The van der Waals surface area contributed by atoms with Crippen LogP contribution in [0.5, 0.6) is 5.75 Å². The Morgan fingerprint density at radius 1 is 1.06 bits per heavy atom. The molecule has 3 aromatic carbocycles. The molecule has 0 spiro atoms. The molecular weight excluding hydrogens is 460 g/mol. The third kappa shape index (κ3) is 6.06. The predicted octanol–water partition coefficient (Wildman–Crippen LogP) is 4.92. The lowest BCUT2D eigenvalue weighted by Crippen LogP contribution is -2.33. The number of carbonyl (C=O) groups is 1. The molecule has 0 fully saturated rings. The van der Waals surface area contributed by atoms with Crippen molar-refractivity contribution in [3.63, 3.8) is 0 Å². The summed E-state index contributed by atoms with van der Waals surface area (Å²) in [6.07, 6.45) is 1.56. The van der Waals surface area contributed by atoms with Crippen molar-refractivity contribution in [1.29, 1.82) is 0 Å². The second-order valence-corrected chi connectivity index (χ2v) is 10.1. The Morgan fingerprint density at radius 2 is 1.73 bits per heavy atom. The van der Waals surface area contributed by atoms with Gasteiger partial charge < -0.3 is 10.1 Å². The predicted molar refractivity (Wildman–Crippen MR) is 132 cm³/mol. The number of sulfonamides is 1. The molecule has 6 nitrogen and oxygen atoms in total. The van der Waals surface area contributed by atoms with Gasteiger partial charge in [0.25, 0.3) is 15.9 Å². The number of hydrogen-bond acceptors (Lipinski definition) is 4. The summed E-state index contributed by atoms with van der Waals surface area (Å²) in [5, 5.41) is 3.10. The number of hydrogen-bond donors (Lipinski definition) is 1. The van der Waals surface area contributed by atoms with Crippen LogP contribution in [-0.2, 0) is 16.4 Å². The Labute approximate surface area is 200 Å². The molecule has 1 atom stereocenters. The fourth-order valence-corrected chi connectivity index (χ4v) is 4.76. The first-order valence-corrected chi connectivity index (χ1v) is 12.3. The summed E-state index contributed by atoms with van der Waals surface area (Å²) in [5.74, 6) is 0.209. The molecule has 174 valence electrons. The fraction of sp³-hybridized carbons (Fsp3) is 0.240. The summed E-state index contributed by atoms with van der Waals surface area (Å²) in [6.45, 7) is 1.91. The van der Waals surface area contributed by atoms with Gasteiger partial charge in [-0.15, -0.1) is 0 Å². The summed E-state index contributed by atoms with van der Waals surface area (Å²) in [4.78, 5) is 12.8. The average Bonchev–Trinajstić information content (AvgIpc) is 2.83. The number of nitrogens with one attached hydrogen (secondary N) is 1. The van der Waals surface area contributed by atoms with Gasteiger partial charge in [0.15, 0.2) is 0 Å². The van der Waals surface area contributed by atoms with Gasteiger partial charge in [0.1, 0.15) is 5.75 Å². The SMILES string of the molecule is COc1ccc(N(C)S(=O)(=O)c2ccc(Cl)c(C(=O)NC(C)CCc3ccccc3)c2)cc1. The van der Waals surface area contributed by atoms with Crippen LogP contribution in [0.15, 0.2) is 77.7 Å². The molecule has 0 saturated carbocycles. The van der Waals surface area contributed by atoms with E-state index in [2.05, 4.69) is 5.32 Å². The quantitative estimate of drug-likeness (QED) is 0.465. The van der Waals surface area contributed by atoms with Crippen molar-refractivity contribution >= 4 is 33.2 Å². The van der Waals surface area contributed by atoms with Crippen molar-refractivity contribution in [3.8, 4) is 5.75 Å². The number of amides is 1. The molecular formula is C25H27ClN2O4S. The molecule has 3 aromatic rings. The molecule has 0 aliphatic carbocycles. The zero-order chi connectivity index (χ0) is 24.0. The van der Waals surface area contributed by atoms with E-state index in [-0.39, 0.29) is 21.5 Å². The average molecular weight is 487 g/mol. The molecule has 0 heterocycles. The van der Waals surface area contributed by atoms with Gasteiger partial charge in [0.2, 0.25) is 0 Å². The largest absolute Gasteiger partial charge is 0.497 e. The Kier molecular flexibility index (Phi) is 8.00. The summed E-state index contributed by atoms with van der Waals surface area (Å²) in [7, 11) is -0.910. The summed E-state index contributed by atoms with van der Waals surface area (Å²) in [5.41, 5.74) is 1.77. The van der Waals surface area contributed by atoms with E-state index in [4.69, 9.17) is 16.3 Å². The Morgan fingerprint density at radius 3 is 2.36 bits per heavy atom. The Hall–Kier alpha value is -3.03. The number of benzene rings is 3. The van der Waals surface area contributed by atoms with Crippen LogP contribution in [0.2, 0.25) is 5.02 Å². The van der Waals surface area contributed by atoms with E-state index < -0.39 is 15.9 Å². The van der Waals surface area contributed by atoms with Gasteiger partial charge in [-0.05, 0) is 67.8 Å². The molecule has 3 rings (SSSR count). The first-order valence-electron chi connectivity index (χ1n) is 10.5. The van der Waals surface area contributed by atoms with Crippen molar-refractivity contribution in [2.45, 2.75) is 30.7 Å². The van der Waals surface area contributed by atoms with Crippen LogP contribution in [0.1, 0.15) is 29.3 Å². The molecule has 8 heteroatoms. The first kappa shape index (κ1) is 24.6. The standard InChI is InChI=1S/C25H27ClN2O4S/c1-18(9-10-19-7-5-4-6-8-19)27-25(29)23-17-22(15-16-24(23)26)33(30,31)28(2)20-11-13-21(32-3)14-12-20/h4-8,11-18H,9-10H2,1-3H3,(H,27,29). The van der Waals surface area contributed by atoms with Crippen LogP contribution in [0.4, 0.5) is 5.69 Å². The van der Waals surface area contributed by atoms with Crippen molar-refractivity contribution < 1.29 is 17.9 Å². The third-order valence-electron chi connectivity index (χ3n) is 5.36. The molecule has 0 saturated heterocycles. The van der Waals surface area contributed by atoms with Gasteiger partial charge in [-0.25, -0.2) is 8.42 Å². The van der Waals surface area contributed by atoms with Gasteiger partial charge >= 0.3 is 0 Å². The molecule has 0 bridgehead atoms. The summed E-state index contributed by atoms with van der Waals surface area (Å²) in [6, 6.07) is 20.7. The molecule has 33 heavy (non-hydrogen) atoms. The minimum atomic E-state index is -3.91. The summed E-state index contributed by atoms with van der Waals surface area (Å²) < 4.78 is 32.6. The number of nitrogens with zero attached hydrogens (tertiary/aromatic N) is 1. The van der Waals surface area contributed by atoms with Gasteiger partial charge in [-0.1, -0.05) is 41.9 Å². The molecule has 0 radical (unpaired) electrons. The van der Waals surface area contributed by atoms with Gasteiger partial charge in [0.05, 0.1) is 28.3 Å². The van der Waals surface area contributed by atoms with Crippen LogP contribution < -0.4 is 14.4 Å². The third-order valence-corrected chi connectivity index (χ3v) is 7.47. The topological polar surface area (TPSA) is 75.7 Å². The molecule has 0 aliphatic rings. The van der Waals surface area contributed by atoms with Gasteiger partial charge in [-0.3, -0.25) is 9.10 Å². The van der Waals surface area contributed by atoms with Crippen LogP contribution in [0, 0.1) is 0 Å². The lowest BCUT2D eigenvalue weighted by molar-refractivity contribution is 0.0938. The van der Waals surface area contributed by atoms with Gasteiger partial charge in [0, 0.05) is 13.1 Å². The highest BCUT2D eigenvalue weighted by molar-refractivity contribution is 7.92. The minimum absolute atomic E-state index is 0.0210. The van der Waals surface area contributed by atoms with Gasteiger partial charge in [-0.2, -0.15) is 0 Å². The Bertz CT molecular complexity index is 1200. The highest BCUT2D eigenvalue weighted by atomic mass is 35.5. The maximum absolute atomic E-state index is 13.2. The van der Waals surface area contributed by atoms with Crippen LogP contribution >= 0.6 is 11.6 Å². The second-order valence-electron chi connectivity index (χ2n) is 7.71. The molecule has 0 aromatic heterocycles. The van der Waals surface area contributed by atoms with E-state index in [1.165, 1.54) is 37.9 Å². The lowest BCUT2D eigenvalue weighted by atomic mass is 10.1. The number of aryl methyl sites for hydroxylation is 1. The number of carbonyl (C=O) groups excluding carboxylic acids is 1. The van der Waals surface area contributed by atoms with E-state index >= 15 is 0 Å². The minimum Gasteiger partial charge on any atom is -0.497 e. The molecule has 1 amide bonds. The number of anilines is 1. The smallest absolute Gasteiger partial charge is 0.264 e. The molecule has 1 unspecified atom stereocenters. The number of rotatable bonds is 9. The maximum atomic E-state index is 13.2. The number of halogens is 1. The second kappa shape index (κ2) is 10.7. The summed E-state index contributed by atoms with van der Waals surface area (Å²) >= 11 is 6.24.